The van der Waals surface area contributed by atoms with Gasteiger partial charge in [-0.3, -0.25) is 0 Å². The summed E-state index contributed by atoms with van der Waals surface area (Å²) in [6, 6.07) is 16.9. The minimum atomic E-state index is -0.261. The number of fused-ring (bicyclic) bond motifs is 2. The van der Waals surface area contributed by atoms with Gasteiger partial charge in [-0.2, -0.15) is 9.61 Å². The van der Waals surface area contributed by atoms with Crippen LogP contribution in [0.15, 0.2) is 54.6 Å². The molecule has 0 saturated heterocycles. The van der Waals surface area contributed by atoms with Gasteiger partial charge in [0, 0.05) is 29.4 Å². The van der Waals surface area contributed by atoms with E-state index < -0.39 is 0 Å². The fourth-order valence-electron chi connectivity index (χ4n) is 3.95. The summed E-state index contributed by atoms with van der Waals surface area (Å²) in [6.07, 6.45) is 3.11. The van der Waals surface area contributed by atoms with Gasteiger partial charge >= 0.3 is 0 Å². The molecule has 0 unspecified atom stereocenters. The Balaban J connectivity index is 1.59. The van der Waals surface area contributed by atoms with Crippen molar-refractivity contribution in [2.45, 2.75) is 32.7 Å². The first kappa shape index (κ1) is 16.9. The molecule has 4 aromatic rings. The third-order valence-corrected chi connectivity index (χ3v) is 5.45. The minimum Gasteiger partial charge on any atom is -0.366 e. The van der Waals surface area contributed by atoms with Crippen molar-refractivity contribution in [2.24, 2.45) is 0 Å². The van der Waals surface area contributed by atoms with Crippen molar-refractivity contribution in [1.29, 1.82) is 0 Å². The van der Waals surface area contributed by atoms with E-state index in [0.717, 1.165) is 54.2 Å². The molecule has 0 radical (unpaired) electrons. The molecular weight excluding hydrogens is 351 g/mol. The number of anilines is 1. The van der Waals surface area contributed by atoms with Crippen molar-refractivity contribution in [2.75, 3.05) is 5.32 Å². The molecule has 2 aromatic heterocycles. The fraction of sp³-hybridized carbons (Fsp3) is 0.217. The Hall–Kier alpha value is -3.21. The van der Waals surface area contributed by atoms with E-state index in [9.17, 15) is 4.39 Å². The van der Waals surface area contributed by atoms with Gasteiger partial charge in [-0.15, -0.1) is 0 Å². The van der Waals surface area contributed by atoms with Gasteiger partial charge in [-0.1, -0.05) is 36.4 Å². The zero-order valence-corrected chi connectivity index (χ0v) is 15.7. The molecule has 2 heterocycles. The zero-order chi connectivity index (χ0) is 19.1. The van der Waals surface area contributed by atoms with Crippen molar-refractivity contribution in [3.8, 4) is 11.3 Å². The van der Waals surface area contributed by atoms with Gasteiger partial charge in [0.05, 0.1) is 5.69 Å². The average Bonchev–Trinajstić information content (AvgIpc) is 3.33. The predicted molar refractivity (Wildman–Crippen MR) is 109 cm³/mol. The maximum Gasteiger partial charge on any atom is 0.158 e. The molecule has 0 amide bonds. The first-order chi connectivity index (χ1) is 13.7. The Morgan fingerprint density at radius 3 is 2.82 bits per heavy atom. The van der Waals surface area contributed by atoms with Crippen LogP contribution in [0.1, 0.15) is 28.8 Å². The fourth-order valence-corrected chi connectivity index (χ4v) is 3.95. The van der Waals surface area contributed by atoms with Gasteiger partial charge in [0.2, 0.25) is 0 Å². The second-order valence-electron chi connectivity index (χ2n) is 7.33. The number of benzene rings is 2. The quantitative estimate of drug-likeness (QED) is 0.551. The van der Waals surface area contributed by atoms with E-state index >= 15 is 0 Å². The number of nitrogens with one attached hydrogen (secondary N) is 1. The first-order valence-electron chi connectivity index (χ1n) is 9.65. The van der Waals surface area contributed by atoms with Crippen molar-refractivity contribution in [3.05, 3.63) is 82.8 Å². The lowest BCUT2D eigenvalue weighted by atomic mass is 10.1. The van der Waals surface area contributed by atoms with Crippen LogP contribution in [0.4, 0.5) is 10.2 Å². The van der Waals surface area contributed by atoms with Crippen molar-refractivity contribution >= 4 is 11.5 Å². The zero-order valence-electron chi connectivity index (χ0n) is 15.7. The summed E-state index contributed by atoms with van der Waals surface area (Å²) < 4.78 is 15.5. The average molecular weight is 372 g/mol. The normalized spacial score (nSPS) is 13.1. The third kappa shape index (κ3) is 2.93. The van der Waals surface area contributed by atoms with Gasteiger partial charge < -0.3 is 5.32 Å². The summed E-state index contributed by atoms with van der Waals surface area (Å²) in [5, 5.41) is 8.37. The monoisotopic (exact) mass is 372 g/mol. The lowest BCUT2D eigenvalue weighted by molar-refractivity contribution is 0.628. The summed E-state index contributed by atoms with van der Waals surface area (Å²) in [6.45, 7) is 2.85. The lowest BCUT2D eigenvalue weighted by Gasteiger charge is -2.14. The highest BCUT2D eigenvalue weighted by atomic mass is 19.1. The van der Waals surface area contributed by atoms with Crippen molar-refractivity contribution in [1.82, 2.24) is 14.6 Å². The van der Waals surface area contributed by atoms with Crippen LogP contribution in [0.25, 0.3) is 16.9 Å². The molecule has 1 N–H and O–H groups in total. The Bertz CT molecular complexity index is 1180. The summed E-state index contributed by atoms with van der Waals surface area (Å²) in [5.41, 5.74) is 7.20. The molecule has 1 aliphatic carbocycles. The molecule has 4 nitrogen and oxygen atoms in total. The van der Waals surface area contributed by atoms with Gasteiger partial charge in [0.25, 0.3) is 0 Å². The van der Waals surface area contributed by atoms with Gasteiger partial charge in [0.15, 0.2) is 5.65 Å². The highest BCUT2D eigenvalue weighted by Crippen LogP contribution is 2.31. The predicted octanol–water partition coefficient (Wildman–Crippen LogP) is 4.94. The number of halogens is 1. The number of hydrogen-bond acceptors (Lipinski definition) is 3. The van der Waals surface area contributed by atoms with Crippen LogP contribution in [0.3, 0.4) is 0 Å². The second-order valence-corrected chi connectivity index (χ2v) is 7.33. The minimum absolute atomic E-state index is 0.261. The summed E-state index contributed by atoms with van der Waals surface area (Å²) in [4.78, 5) is 4.82. The highest BCUT2D eigenvalue weighted by Gasteiger charge is 2.21. The molecule has 1 aliphatic rings. The summed E-state index contributed by atoms with van der Waals surface area (Å²) in [5.74, 6) is 0.742. The van der Waals surface area contributed by atoms with Crippen LogP contribution in [0, 0.1) is 12.7 Å². The van der Waals surface area contributed by atoms with Crippen LogP contribution >= 0.6 is 0 Å². The van der Waals surface area contributed by atoms with E-state index in [0.29, 0.717) is 0 Å². The summed E-state index contributed by atoms with van der Waals surface area (Å²) in [7, 11) is 0. The van der Waals surface area contributed by atoms with Crippen LogP contribution in [0.2, 0.25) is 0 Å². The summed E-state index contributed by atoms with van der Waals surface area (Å²) >= 11 is 0. The van der Waals surface area contributed by atoms with E-state index in [1.165, 1.54) is 28.8 Å². The van der Waals surface area contributed by atoms with Crippen LogP contribution in [0.5, 0.6) is 0 Å². The molecule has 0 atom stereocenters. The molecular formula is C23H21FN4. The lowest BCUT2D eigenvalue weighted by Crippen LogP contribution is -2.10. The van der Waals surface area contributed by atoms with E-state index in [4.69, 9.17) is 10.1 Å². The topological polar surface area (TPSA) is 42.2 Å². The van der Waals surface area contributed by atoms with Crippen molar-refractivity contribution in [3.63, 3.8) is 0 Å². The number of hydrogen-bond donors (Lipinski definition) is 1. The number of aryl methyl sites for hydroxylation is 2. The molecule has 2 aromatic carbocycles. The van der Waals surface area contributed by atoms with Crippen LogP contribution < -0.4 is 5.32 Å². The van der Waals surface area contributed by atoms with Crippen LogP contribution in [-0.2, 0) is 19.4 Å². The molecule has 0 fully saturated rings. The molecule has 0 bridgehead atoms. The number of aromatic nitrogens is 3. The number of nitrogens with zero attached hydrogens (tertiary/aromatic N) is 3. The molecule has 0 aliphatic heterocycles. The van der Waals surface area contributed by atoms with Gasteiger partial charge in [0.1, 0.15) is 11.6 Å². The van der Waals surface area contributed by atoms with E-state index in [-0.39, 0.29) is 5.82 Å². The Morgan fingerprint density at radius 2 is 1.96 bits per heavy atom. The molecule has 5 heteroatoms. The maximum atomic E-state index is 13.7. The third-order valence-electron chi connectivity index (χ3n) is 5.45. The van der Waals surface area contributed by atoms with Gasteiger partial charge in [-0.05, 0) is 49.4 Å². The van der Waals surface area contributed by atoms with Gasteiger partial charge in [-0.25, -0.2) is 9.37 Å². The highest BCUT2D eigenvalue weighted by molar-refractivity contribution is 5.67. The van der Waals surface area contributed by atoms with E-state index in [2.05, 4.69) is 36.5 Å². The van der Waals surface area contributed by atoms with Crippen molar-refractivity contribution < 1.29 is 4.39 Å². The second kappa shape index (κ2) is 6.75. The standard InChI is InChI=1S/C23H21FN4/c1-15-6-2-3-7-17(15)14-25-23-19-10-5-11-20(19)26-22-13-21(27-28(22)23)16-8-4-9-18(24)12-16/h2-4,6-9,12-13,25H,5,10-11,14H2,1H3. The van der Waals surface area contributed by atoms with E-state index in [1.807, 2.05) is 16.6 Å². The Morgan fingerprint density at radius 1 is 1.07 bits per heavy atom. The van der Waals surface area contributed by atoms with E-state index in [1.54, 1.807) is 6.07 Å². The molecule has 140 valence electrons. The molecule has 0 saturated carbocycles. The first-order valence-corrected chi connectivity index (χ1v) is 9.65. The SMILES string of the molecule is Cc1ccccc1CNc1c2c(nc3cc(-c4cccc(F)c4)nn13)CCC2. The maximum absolute atomic E-state index is 13.7. The molecule has 0 spiro atoms. The Labute approximate surface area is 163 Å². The smallest absolute Gasteiger partial charge is 0.158 e. The largest absolute Gasteiger partial charge is 0.366 e. The Kier molecular flexibility index (Phi) is 4.08. The molecule has 5 rings (SSSR count). The molecule has 28 heavy (non-hydrogen) atoms. The van der Waals surface area contributed by atoms with Crippen LogP contribution in [-0.4, -0.2) is 14.6 Å². The number of rotatable bonds is 4.